The molecule has 0 radical (unpaired) electrons. The van der Waals surface area contributed by atoms with Crippen LogP contribution in [0.15, 0.2) is 43.1 Å². The number of hydrogen-bond acceptors (Lipinski definition) is 6. The highest BCUT2D eigenvalue weighted by molar-refractivity contribution is 5.87. The fourth-order valence-electron chi connectivity index (χ4n) is 2.91. The zero-order valence-corrected chi connectivity index (χ0v) is 15.1. The van der Waals surface area contributed by atoms with E-state index >= 15 is 0 Å². The second-order valence-electron chi connectivity index (χ2n) is 6.69. The summed E-state index contributed by atoms with van der Waals surface area (Å²) >= 11 is 0. The third-order valence-corrected chi connectivity index (χ3v) is 4.42. The predicted molar refractivity (Wildman–Crippen MR) is 102 cm³/mol. The van der Waals surface area contributed by atoms with Crippen molar-refractivity contribution in [3.63, 3.8) is 0 Å². The number of rotatable bonds is 6. The zero-order valence-electron chi connectivity index (χ0n) is 15.1. The summed E-state index contributed by atoms with van der Waals surface area (Å²) in [5.41, 5.74) is 2.24. The van der Waals surface area contributed by atoms with Gasteiger partial charge in [-0.3, -0.25) is 4.79 Å². The molecule has 7 nitrogen and oxygen atoms in total. The molecule has 1 aromatic heterocycles. The average molecular weight is 352 g/mol. The Balaban J connectivity index is 1.61. The summed E-state index contributed by atoms with van der Waals surface area (Å²) in [4.78, 5) is 17.9. The largest absolute Gasteiger partial charge is 0.348 e. The Kier molecular flexibility index (Phi) is 5.46. The van der Waals surface area contributed by atoms with Crippen molar-refractivity contribution in [3.05, 3.63) is 48.7 Å². The van der Waals surface area contributed by atoms with Gasteiger partial charge in [-0.1, -0.05) is 32.6 Å². The number of hydrogen-bond donors (Lipinski definition) is 2. The summed E-state index contributed by atoms with van der Waals surface area (Å²) in [5.74, 6) is 1.52. The van der Waals surface area contributed by atoms with E-state index in [0.29, 0.717) is 30.8 Å². The summed E-state index contributed by atoms with van der Waals surface area (Å²) in [7, 11) is 0. The molecule has 1 saturated heterocycles. The smallest absolute Gasteiger partial charge is 0.246 e. The van der Waals surface area contributed by atoms with Crippen LogP contribution < -0.4 is 10.6 Å². The Morgan fingerprint density at radius 1 is 1.35 bits per heavy atom. The molecule has 1 aliphatic heterocycles. The van der Waals surface area contributed by atoms with Gasteiger partial charge < -0.3 is 15.5 Å². The topological polar surface area (TPSA) is 83.0 Å². The molecule has 7 heteroatoms. The quantitative estimate of drug-likeness (QED) is 0.778. The molecule has 3 rings (SSSR count). The normalized spacial score (nSPS) is 16.6. The molecule has 1 atom stereocenters. The zero-order chi connectivity index (χ0) is 18.5. The van der Waals surface area contributed by atoms with Crippen LogP contribution in [0.4, 0.5) is 17.5 Å². The number of carbonyl (C=O) groups excluding carboxylic acids is 1. The molecule has 1 aromatic carbocycles. The van der Waals surface area contributed by atoms with Crippen LogP contribution in [-0.4, -0.2) is 45.1 Å². The molecular weight excluding hydrogens is 328 g/mol. The van der Waals surface area contributed by atoms with Gasteiger partial charge in [-0.05, 0) is 36.1 Å². The Bertz CT molecular complexity index is 774. The lowest BCUT2D eigenvalue weighted by Crippen LogP contribution is -2.30. The molecule has 2 N–H and O–H groups in total. The van der Waals surface area contributed by atoms with Crippen LogP contribution in [-0.2, 0) is 4.79 Å². The molecule has 136 valence electrons. The van der Waals surface area contributed by atoms with Crippen molar-refractivity contribution in [1.82, 2.24) is 20.1 Å². The summed E-state index contributed by atoms with van der Waals surface area (Å²) in [6.07, 6.45) is 3.77. The van der Waals surface area contributed by atoms with E-state index in [1.807, 2.05) is 12.1 Å². The van der Waals surface area contributed by atoms with Gasteiger partial charge in [0.05, 0.1) is 6.20 Å². The maximum Gasteiger partial charge on any atom is 0.246 e. The average Bonchev–Trinajstić information content (AvgIpc) is 3.10. The van der Waals surface area contributed by atoms with E-state index in [1.165, 1.54) is 11.6 Å². The van der Waals surface area contributed by atoms with Gasteiger partial charge in [-0.15, -0.1) is 5.10 Å². The minimum absolute atomic E-state index is 0.0476. The van der Waals surface area contributed by atoms with Gasteiger partial charge in [0.25, 0.3) is 0 Å². The van der Waals surface area contributed by atoms with Crippen LogP contribution >= 0.6 is 0 Å². The van der Waals surface area contributed by atoms with Crippen LogP contribution in [0.3, 0.4) is 0 Å². The standard InChI is InChI=1S/C19H24N6O/c1-4-18(26)25-10-9-16(12-25)22-19-23-17(11-20-24-19)21-15-7-5-14(6-8-15)13(2)3/h4-8,11,13,16H,1,9-10,12H2,2-3H3,(H2,21,22,23,24). The molecule has 1 amide bonds. The van der Waals surface area contributed by atoms with Crippen molar-refractivity contribution in [1.29, 1.82) is 0 Å². The summed E-state index contributed by atoms with van der Waals surface area (Å²) in [5, 5.41) is 14.5. The van der Waals surface area contributed by atoms with Crippen LogP contribution in [0.1, 0.15) is 31.7 Å². The molecule has 0 aliphatic carbocycles. The molecular formula is C19H24N6O. The van der Waals surface area contributed by atoms with Gasteiger partial charge in [0.2, 0.25) is 11.9 Å². The number of nitrogens with zero attached hydrogens (tertiary/aromatic N) is 4. The SMILES string of the molecule is C=CC(=O)N1CCC(Nc2nncc(Nc3ccc(C(C)C)cc3)n2)C1. The number of benzene rings is 1. The molecule has 2 aromatic rings. The molecule has 1 fully saturated rings. The minimum atomic E-state index is -0.0476. The van der Waals surface area contributed by atoms with Gasteiger partial charge in [0, 0.05) is 24.8 Å². The molecule has 2 heterocycles. The predicted octanol–water partition coefficient (Wildman–Crippen LogP) is 2.94. The second kappa shape index (κ2) is 7.95. The third-order valence-electron chi connectivity index (χ3n) is 4.42. The van der Waals surface area contributed by atoms with Crippen LogP contribution in [0.2, 0.25) is 0 Å². The number of anilines is 3. The highest BCUT2D eigenvalue weighted by Crippen LogP contribution is 2.20. The van der Waals surface area contributed by atoms with E-state index in [1.54, 1.807) is 11.1 Å². The van der Waals surface area contributed by atoms with Crippen molar-refractivity contribution >= 4 is 23.4 Å². The summed E-state index contributed by atoms with van der Waals surface area (Å²) in [6.45, 7) is 9.18. The minimum Gasteiger partial charge on any atom is -0.348 e. The van der Waals surface area contributed by atoms with Gasteiger partial charge in [0.15, 0.2) is 5.82 Å². The fraction of sp³-hybridized carbons (Fsp3) is 0.368. The number of carbonyl (C=O) groups is 1. The fourth-order valence-corrected chi connectivity index (χ4v) is 2.91. The van der Waals surface area contributed by atoms with Crippen molar-refractivity contribution in [2.45, 2.75) is 32.2 Å². The van der Waals surface area contributed by atoms with E-state index in [0.717, 1.165) is 12.1 Å². The maximum atomic E-state index is 11.7. The van der Waals surface area contributed by atoms with E-state index in [9.17, 15) is 4.79 Å². The van der Waals surface area contributed by atoms with Crippen LogP contribution in [0, 0.1) is 0 Å². The lowest BCUT2D eigenvalue weighted by atomic mass is 10.0. The van der Waals surface area contributed by atoms with Gasteiger partial charge in [-0.2, -0.15) is 10.1 Å². The Morgan fingerprint density at radius 3 is 2.81 bits per heavy atom. The lowest BCUT2D eigenvalue weighted by Gasteiger charge is -2.15. The molecule has 1 aliphatic rings. The van der Waals surface area contributed by atoms with Gasteiger partial charge in [-0.25, -0.2) is 0 Å². The van der Waals surface area contributed by atoms with Crippen molar-refractivity contribution in [2.24, 2.45) is 0 Å². The van der Waals surface area contributed by atoms with E-state index < -0.39 is 0 Å². The summed E-state index contributed by atoms with van der Waals surface area (Å²) in [6, 6.07) is 8.37. The third kappa shape index (κ3) is 4.36. The summed E-state index contributed by atoms with van der Waals surface area (Å²) < 4.78 is 0. The van der Waals surface area contributed by atoms with Gasteiger partial charge in [0.1, 0.15) is 0 Å². The van der Waals surface area contributed by atoms with E-state index in [2.05, 4.69) is 58.4 Å². The second-order valence-corrected chi connectivity index (χ2v) is 6.69. The molecule has 0 bridgehead atoms. The van der Waals surface area contributed by atoms with Crippen LogP contribution in [0.25, 0.3) is 0 Å². The first-order valence-corrected chi connectivity index (χ1v) is 8.79. The first-order valence-electron chi connectivity index (χ1n) is 8.79. The lowest BCUT2D eigenvalue weighted by molar-refractivity contribution is -0.125. The molecule has 26 heavy (non-hydrogen) atoms. The Hall–Kier alpha value is -2.96. The van der Waals surface area contributed by atoms with Crippen molar-refractivity contribution in [2.75, 3.05) is 23.7 Å². The van der Waals surface area contributed by atoms with E-state index in [4.69, 9.17) is 0 Å². The number of aromatic nitrogens is 3. The monoisotopic (exact) mass is 352 g/mol. The Morgan fingerprint density at radius 2 is 2.12 bits per heavy atom. The first kappa shape index (κ1) is 17.8. The van der Waals surface area contributed by atoms with Crippen molar-refractivity contribution in [3.8, 4) is 0 Å². The first-order chi connectivity index (χ1) is 12.5. The molecule has 0 spiro atoms. The van der Waals surface area contributed by atoms with Gasteiger partial charge >= 0.3 is 0 Å². The van der Waals surface area contributed by atoms with E-state index in [-0.39, 0.29) is 11.9 Å². The number of likely N-dealkylation sites (tertiary alicyclic amines) is 1. The number of nitrogens with one attached hydrogen (secondary N) is 2. The number of amides is 1. The van der Waals surface area contributed by atoms with Crippen molar-refractivity contribution < 1.29 is 4.79 Å². The molecule has 1 unspecified atom stereocenters. The Labute approximate surface area is 153 Å². The molecule has 0 saturated carbocycles. The van der Waals surface area contributed by atoms with Crippen LogP contribution in [0.5, 0.6) is 0 Å². The maximum absolute atomic E-state index is 11.7. The highest BCUT2D eigenvalue weighted by atomic mass is 16.2. The highest BCUT2D eigenvalue weighted by Gasteiger charge is 2.25.